The first-order valence-electron chi connectivity index (χ1n) is 6.38. The molecule has 22 heteroatoms. The molecule has 0 saturated heterocycles. The van der Waals surface area contributed by atoms with Crippen LogP contribution < -0.4 is 39.1 Å². The van der Waals surface area contributed by atoms with Gasteiger partial charge in [0.25, 0.3) is 0 Å². The van der Waals surface area contributed by atoms with Crippen molar-refractivity contribution in [2.24, 2.45) is 0 Å². The van der Waals surface area contributed by atoms with Crippen LogP contribution in [-0.4, -0.2) is 46.8 Å². The van der Waals surface area contributed by atoms with Crippen molar-refractivity contribution in [2.75, 3.05) is 0 Å². The van der Waals surface area contributed by atoms with Gasteiger partial charge in [-0.15, -0.1) is 0 Å². The minimum atomic E-state index is -6.18. The van der Waals surface area contributed by atoms with Crippen LogP contribution in [0.2, 0.25) is 0 Å². The number of phosphoric acid groups is 4. The fraction of sp³-hybridized carbons (Fsp3) is 1.00. The van der Waals surface area contributed by atoms with E-state index < -0.39 is 67.9 Å². The van der Waals surface area contributed by atoms with E-state index in [0.717, 1.165) is 0 Å². The van der Waals surface area contributed by atoms with Crippen LogP contribution in [0, 0.1) is 0 Å². The smallest absolute Gasteiger partial charge is 0.120 e. The van der Waals surface area contributed by atoms with Crippen molar-refractivity contribution in [3.8, 4) is 0 Å². The third-order valence-electron chi connectivity index (χ3n) is 3.00. The molecule has 1 aliphatic carbocycles. The van der Waals surface area contributed by atoms with Crippen LogP contribution in [0.4, 0.5) is 0 Å². The summed E-state index contributed by atoms with van der Waals surface area (Å²) in [6, 6.07) is 0. The second-order valence-electron chi connectivity index (χ2n) is 5.05. The van der Waals surface area contributed by atoms with E-state index in [1.165, 1.54) is 0 Å². The standard InChI is InChI=1S/C6H16O18P4/c7-1-3(21-25(9,10)11)5(23-27(15,16)17)2(8)6(24-28(18,19)20)4(1)22-26(12,13)14/h1-8H,(H2,9,10,11)(H2,12,13,14)(H2,15,16,17)(H2,18,19,20)/p-8/t1?,2?,3-,4+,5-,6+. The maximum atomic E-state index is 10.7. The minimum absolute atomic E-state index is 2.92. The summed E-state index contributed by atoms with van der Waals surface area (Å²) in [5.74, 6) is 0. The molecule has 1 aliphatic rings. The fourth-order valence-electron chi connectivity index (χ4n) is 2.24. The molecule has 2 N–H and O–H groups in total. The third-order valence-corrected chi connectivity index (χ3v) is 5.00. The van der Waals surface area contributed by atoms with Crippen LogP contribution in [0.3, 0.4) is 0 Å². The summed E-state index contributed by atoms with van der Waals surface area (Å²) in [4.78, 5) is 86.0. The largest absolute Gasteiger partial charge is 0.790 e. The van der Waals surface area contributed by atoms with Gasteiger partial charge in [0.1, 0.15) is 36.6 Å². The van der Waals surface area contributed by atoms with Crippen molar-refractivity contribution in [1.29, 1.82) is 0 Å². The fourth-order valence-corrected chi connectivity index (χ4v) is 4.41. The first kappa shape index (κ1) is 26.4. The summed E-state index contributed by atoms with van der Waals surface area (Å²) in [6.45, 7) is 0. The number of phosphoric ester groups is 4. The molecule has 1 fully saturated rings. The molecule has 18 nitrogen and oxygen atoms in total. The molecular weight excluding hydrogens is 484 g/mol. The van der Waals surface area contributed by atoms with E-state index in [1.54, 1.807) is 0 Å². The number of hydrogen-bond donors (Lipinski definition) is 2. The molecule has 0 radical (unpaired) electrons. The van der Waals surface area contributed by atoms with Gasteiger partial charge in [-0.05, 0) is 0 Å². The number of hydrogen-bond acceptors (Lipinski definition) is 18. The van der Waals surface area contributed by atoms with Crippen molar-refractivity contribution < 1.29 is 85.7 Å². The van der Waals surface area contributed by atoms with E-state index in [-0.39, 0.29) is 0 Å². The van der Waals surface area contributed by atoms with E-state index in [2.05, 4.69) is 18.1 Å². The highest BCUT2D eigenvalue weighted by molar-refractivity contribution is 7.44. The summed E-state index contributed by atoms with van der Waals surface area (Å²) < 4.78 is 57.8. The van der Waals surface area contributed by atoms with Gasteiger partial charge in [0, 0.05) is 0 Å². The van der Waals surface area contributed by atoms with Crippen LogP contribution in [0.5, 0.6) is 0 Å². The Kier molecular flexibility index (Phi) is 8.34. The zero-order valence-corrected chi connectivity index (χ0v) is 16.3. The number of rotatable bonds is 8. The van der Waals surface area contributed by atoms with Gasteiger partial charge in [0.05, 0.1) is 31.3 Å². The maximum absolute atomic E-state index is 10.7. The van der Waals surface area contributed by atoms with Gasteiger partial charge < -0.3 is 85.7 Å². The van der Waals surface area contributed by atoms with Gasteiger partial charge in [-0.2, -0.15) is 0 Å². The van der Waals surface area contributed by atoms with Gasteiger partial charge in [-0.25, -0.2) is 0 Å². The van der Waals surface area contributed by atoms with Crippen LogP contribution in [-0.2, 0) is 36.4 Å². The average molecular weight is 492 g/mol. The first-order chi connectivity index (χ1) is 12.2. The van der Waals surface area contributed by atoms with E-state index in [1.807, 2.05) is 0 Å². The monoisotopic (exact) mass is 492 g/mol. The predicted octanol–water partition coefficient (Wildman–Crippen LogP) is -8.42. The van der Waals surface area contributed by atoms with Crippen molar-refractivity contribution in [3.05, 3.63) is 0 Å². The normalized spacial score (nSPS) is 33.1. The molecular formula is C6H8O18P4-8. The Morgan fingerprint density at radius 3 is 0.714 bits per heavy atom. The Morgan fingerprint density at radius 1 is 0.464 bits per heavy atom. The molecule has 0 aliphatic heterocycles. The van der Waals surface area contributed by atoms with E-state index >= 15 is 0 Å². The topological polar surface area (TPSA) is 330 Å². The number of aliphatic hydroxyl groups is 2. The SMILES string of the molecule is O=P([O-])([O-])O[C@@H]1C(O)[C@H](OP(=O)([O-])[O-])[C@@H](OP(=O)([O-])[O-])C(O)[C@H]1OP(=O)([O-])[O-]. The molecule has 0 amide bonds. The summed E-state index contributed by atoms with van der Waals surface area (Å²) in [5, 5.41) is 19.8. The Bertz CT molecular complexity index is 604. The summed E-state index contributed by atoms with van der Waals surface area (Å²) in [7, 11) is -24.7. The average Bonchev–Trinajstić information content (AvgIpc) is 2.39. The van der Waals surface area contributed by atoms with Crippen LogP contribution in [0.15, 0.2) is 0 Å². The summed E-state index contributed by atoms with van der Waals surface area (Å²) in [5.41, 5.74) is 0. The Balaban J connectivity index is 3.47. The molecule has 0 aromatic heterocycles. The molecule has 0 spiro atoms. The quantitative estimate of drug-likeness (QED) is 0.297. The lowest BCUT2D eigenvalue weighted by Gasteiger charge is -2.53. The molecule has 0 aromatic rings. The second kappa shape index (κ2) is 8.85. The minimum Gasteiger partial charge on any atom is -0.790 e. The zero-order chi connectivity index (χ0) is 22.3. The van der Waals surface area contributed by atoms with Gasteiger partial charge in [0.15, 0.2) is 0 Å². The zero-order valence-electron chi connectivity index (χ0n) is 12.7. The highest BCUT2D eigenvalue weighted by Gasteiger charge is 2.54. The molecule has 1 saturated carbocycles. The van der Waals surface area contributed by atoms with E-state index in [0.29, 0.717) is 0 Å². The lowest BCUT2D eigenvalue weighted by Crippen LogP contribution is -2.66. The highest BCUT2D eigenvalue weighted by atomic mass is 31.2. The van der Waals surface area contributed by atoms with Crippen molar-refractivity contribution in [2.45, 2.75) is 36.6 Å². The number of aliphatic hydroxyl groups excluding tert-OH is 2. The molecule has 0 aromatic carbocycles. The van der Waals surface area contributed by atoms with Gasteiger partial charge in [-0.3, -0.25) is 0 Å². The molecule has 2 unspecified atom stereocenters. The Labute approximate surface area is 154 Å². The van der Waals surface area contributed by atoms with E-state index in [4.69, 9.17) is 0 Å². The van der Waals surface area contributed by atoms with Crippen molar-refractivity contribution in [1.82, 2.24) is 0 Å². The van der Waals surface area contributed by atoms with Gasteiger partial charge in [-0.1, -0.05) is 0 Å². The van der Waals surface area contributed by atoms with Crippen molar-refractivity contribution >= 4 is 31.3 Å². The van der Waals surface area contributed by atoms with Crippen molar-refractivity contribution in [3.63, 3.8) is 0 Å². The lowest BCUT2D eigenvalue weighted by atomic mass is 9.85. The highest BCUT2D eigenvalue weighted by Crippen LogP contribution is 2.46. The van der Waals surface area contributed by atoms with E-state index in [9.17, 15) is 67.6 Å². The predicted molar refractivity (Wildman–Crippen MR) is 61.9 cm³/mol. The molecule has 1 rings (SSSR count). The molecule has 0 bridgehead atoms. The van der Waals surface area contributed by atoms with Gasteiger partial charge in [0.2, 0.25) is 0 Å². The summed E-state index contributed by atoms with van der Waals surface area (Å²) >= 11 is 0. The van der Waals surface area contributed by atoms with Gasteiger partial charge >= 0.3 is 0 Å². The van der Waals surface area contributed by atoms with Crippen LogP contribution >= 0.6 is 31.3 Å². The second-order valence-corrected chi connectivity index (χ2v) is 9.47. The maximum Gasteiger partial charge on any atom is 0.120 e. The molecule has 28 heavy (non-hydrogen) atoms. The van der Waals surface area contributed by atoms with Crippen LogP contribution in [0.25, 0.3) is 0 Å². The molecule has 6 atom stereocenters. The Hall–Kier alpha value is 0.360. The lowest BCUT2D eigenvalue weighted by molar-refractivity contribution is -0.378. The van der Waals surface area contributed by atoms with Crippen LogP contribution in [0.1, 0.15) is 0 Å². The molecule has 168 valence electrons. The summed E-state index contributed by atoms with van der Waals surface area (Å²) in [6.07, 6.45) is -17.6. The molecule has 0 heterocycles. The first-order valence-corrected chi connectivity index (χ1v) is 12.2. The Morgan fingerprint density at radius 2 is 0.607 bits per heavy atom. The third kappa shape index (κ3) is 8.62.